The SMILES string of the molecule is CC(C)(CCC(C)(C)c1ncco1)c1ccc[n+]([O-])c1. The molecule has 0 amide bonds. The van der Waals surface area contributed by atoms with Crippen LogP contribution in [-0.4, -0.2) is 4.98 Å². The van der Waals surface area contributed by atoms with E-state index < -0.39 is 0 Å². The predicted molar refractivity (Wildman–Crippen MR) is 77.2 cm³/mol. The minimum absolute atomic E-state index is 0.0583. The van der Waals surface area contributed by atoms with Crippen LogP contribution in [0.25, 0.3) is 0 Å². The lowest BCUT2D eigenvalue weighted by Gasteiger charge is -2.29. The average Bonchev–Trinajstić information content (AvgIpc) is 2.91. The minimum atomic E-state index is -0.108. The van der Waals surface area contributed by atoms with Crippen molar-refractivity contribution >= 4 is 0 Å². The van der Waals surface area contributed by atoms with Gasteiger partial charge in [-0.1, -0.05) is 27.7 Å². The maximum Gasteiger partial charge on any atom is 0.199 e. The smallest absolute Gasteiger partial charge is 0.199 e. The molecule has 0 bridgehead atoms. The third-order valence-electron chi connectivity index (χ3n) is 3.94. The van der Waals surface area contributed by atoms with Gasteiger partial charge in [0.05, 0.1) is 6.20 Å². The predicted octanol–water partition coefficient (Wildman–Crippen LogP) is 3.34. The molecule has 4 heteroatoms. The van der Waals surface area contributed by atoms with E-state index in [0.29, 0.717) is 0 Å². The highest BCUT2D eigenvalue weighted by Crippen LogP contribution is 2.34. The van der Waals surface area contributed by atoms with Crippen molar-refractivity contribution in [2.45, 2.75) is 51.4 Å². The zero-order chi connectivity index (χ0) is 14.8. The van der Waals surface area contributed by atoms with Gasteiger partial charge in [-0.15, -0.1) is 0 Å². The zero-order valence-electron chi connectivity index (χ0n) is 12.6. The number of aromatic nitrogens is 2. The van der Waals surface area contributed by atoms with Gasteiger partial charge < -0.3 is 9.62 Å². The van der Waals surface area contributed by atoms with Crippen LogP contribution < -0.4 is 4.73 Å². The molecule has 0 aromatic carbocycles. The van der Waals surface area contributed by atoms with Crippen molar-refractivity contribution in [1.29, 1.82) is 0 Å². The van der Waals surface area contributed by atoms with Gasteiger partial charge in [0.15, 0.2) is 18.3 Å². The number of oxazole rings is 1. The molecule has 0 saturated carbocycles. The molecule has 0 aliphatic carbocycles. The molecule has 0 spiro atoms. The maximum atomic E-state index is 11.4. The molecule has 2 aromatic heterocycles. The van der Waals surface area contributed by atoms with Gasteiger partial charge in [0.2, 0.25) is 0 Å². The largest absolute Gasteiger partial charge is 0.619 e. The second-order valence-corrected chi connectivity index (χ2v) is 6.56. The van der Waals surface area contributed by atoms with Crippen LogP contribution in [0.15, 0.2) is 41.4 Å². The summed E-state index contributed by atoms with van der Waals surface area (Å²) in [5.41, 5.74) is 0.887. The number of rotatable bonds is 5. The highest BCUT2D eigenvalue weighted by atomic mass is 16.5. The average molecular weight is 274 g/mol. The summed E-state index contributed by atoms with van der Waals surface area (Å²) in [6, 6.07) is 3.80. The van der Waals surface area contributed by atoms with Crippen LogP contribution in [0.5, 0.6) is 0 Å². The zero-order valence-corrected chi connectivity index (χ0v) is 12.6. The van der Waals surface area contributed by atoms with Crippen molar-refractivity contribution in [3.8, 4) is 0 Å². The van der Waals surface area contributed by atoms with Crippen LogP contribution in [0.2, 0.25) is 0 Å². The van der Waals surface area contributed by atoms with E-state index in [9.17, 15) is 5.21 Å². The Hall–Kier alpha value is -1.84. The van der Waals surface area contributed by atoms with E-state index >= 15 is 0 Å². The van der Waals surface area contributed by atoms with Crippen molar-refractivity contribution in [3.63, 3.8) is 0 Å². The Morgan fingerprint density at radius 1 is 1.20 bits per heavy atom. The highest BCUT2D eigenvalue weighted by Gasteiger charge is 2.30. The van der Waals surface area contributed by atoms with Gasteiger partial charge in [-0.3, -0.25) is 0 Å². The summed E-state index contributed by atoms with van der Waals surface area (Å²) >= 11 is 0. The quantitative estimate of drug-likeness (QED) is 0.620. The molecule has 2 heterocycles. The van der Waals surface area contributed by atoms with Crippen molar-refractivity contribution in [1.82, 2.24) is 4.98 Å². The first-order valence-electron chi connectivity index (χ1n) is 6.91. The molecule has 0 atom stereocenters. The monoisotopic (exact) mass is 274 g/mol. The molecule has 4 nitrogen and oxygen atoms in total. The van der Waals surface area contributed by atoms with Crippen molar-refractivity contribution in [3.05, 3.63) is 53.6 Å². The molecule has 0 unspecified atom stereocenters. The maximum absolute atomic E-state index is 11.4. The lowest BCUT2D eigenvalue weighted by Crippen LogP contribution is -2.30. The molecular weight excluding hydrogens is 252 g/mol. The van der Waals surface area contributed by atoms with E-state index in [0.717, 1.165) is 29.0 Å². The number of hydrogen-bond acceptors (Lipinski definition) is 3. The minimum Gasteiger partial charge on any atom is -0.619 e. The first kappa shape index (κ1) is 14.6. The summed E-state index contributed by atoms with van der Waals surface area (Å²) in [5.74, 6) is 0.764. The Labute approximate surface area is 120 Å². The summed E-state index contributed by atoms with van der Waals surface area (Å²) in [6.07, 6.45) is 8.34. The summed E-state index contributed by atoms with van der Waals surface area (Å²) in [4.78, 5) is 4.25. The Kier molecular flexibility index (Phi) is 3.84. The van der Waals surface area contributed by atoms with Crippen LogP contribution in [0.1, 0.15) is 52.0 Å². The Morgan fingerprint density at radius 2 is 1.90 bits per heavy atom. The van der Waals surface area contributed by atoms with Gasteiger partial charge in [0, 0.05) is 17.0 Å². The van der Waals surface area contributed by atoms with E-state index in [1.807, 2.05) is 6.07 Å². The standard InChI is InChI=1S/C16H22N2O2/c1-15(2,13-6-5-10-18(19)12-13)7-8-16(3,4)14-17-9-11-20-14/h5-6,9-12H,7-8H2,1-4H3. The molecule has 20 heavy (non-hydrogen) atoms. The van der Waals surface area contributed by atoms with E-state index in [1.165, 1.54) is 6.20 Å². The summed E-state index contributed by atoms with van der Waals surface area (Å²) in [7, 11) is 0. The molecule has 0 fully saturated rings. The van der Waals surface area contributed by atoms with Crippen LogP contribution in [0.4, 0.5) is 0 Å². The molecule has 0 N–H and O–H groups in total. The summed E-state index contributed by atoms with van der Waals surface area (Å²) in [5, 5.41) is 11.4. The fourth-order valence-electron chi connectivity index (χ4n) is 2.29. The van der Waals surface area contributed by atoms with Gasteiger partial charge in [0.1, 0.15) is 6.26 Å². The third kappa shape index (κ3) is 3.18. The van der Waals surface area contributed by atoms with Gasteiger partial charge in [-0.05, 0) is 24.3 Å². The normalized spacial score (nSPS) is 12.6. The van der Waals surface area contributed by atoms with E-state index in [4.69, 9.17) is 4.42 Å². The fraction of sp³-hybridized carbons (Fsp3) is 0.500. The fourth-order valence-corrected chi connectivity index (χ4v) is 2.29. The number of nitrogens with zero attached hydrogens (tertiary/aromatic N) is 2. The number of pyridine rings is 1. The molecule has 0 radical (unpaired) electrons. The lowest BCUT2D eigenvalue weighted by atomic mass is 9.75. The third-order valence-corrected chi connectivity index (χ3v) is 3.94. The Balaban J connectivity index is 2.09. The van der Waals surface area contributed by atoms with Crippen molar-refractivity contribution < 1.29 is 9.15 Å². The van der Waals surface area contributed by atoms with Crippen molar-refractivity contribution in [2.75, 3.05) is 0 Å². The second kappa shape index (κ2) is 5.27. The van der Waals surface area contributed by atoms with Gasteiger partial charge in [0.25, 0.3) is 0 Å². The second-order valence-electron chi connectivity index (χ2n) is 6.56. The molecule has 0 saturated heterocycles. The lowest BCUT2D eigenvalue weighted by molar-refractivity contribution is -0.606. The van der Waals surface area contributed by atoms with E-state index in [-0.39, 0.29) is 10.8 Å². The Morgan fingerprint density at radius 3 is 2.50 bits per heavy atom. The van der Waals surface area contributed by atoms with Gasteiger partial charge >= 0.3 is 0 Å². The summed E-state index contributed by atoms with van der Waals surface area (Å²) in [6.45, 7) is 8.59. The number of hydrogen-bond donors (Lipinski definition) is 0. The van der Waals surface area contributed by atoms with E-state index in [1.54, 1.807) is 24.7 Å². The first-order valence-corrected chi connectivity index (χ1v) is 6.91. The first-order chi connectivity index (χ1) is 9.31. The van der Waals surface area contributed by atoms with Crippen molar-refractivity contribution in [2.24, 2.45) is 0 Å². The molecular formula is C16H22N2O2. The summed E-state index contributed by atoms with van der Waals surface area (Å²) < 4.78 is 6.28. The van der Waals surface area contributed by atoms with Crippen LogP contribution >= 0.6 is 0 Å². The van der Waals surface area contributed by atoms with Gasteiger partial charge in [-0.2, -0.15) is 4.73 Å². The van der Waals surface area contributed by atoms with Crippen LogP contribution in [0, 0.1) is 5.21 Å². The topological polar surface area (TPSA) is 53.0 Å². The van der Waals surface area contributed by atoms with Crippen LogP contribution in [-0.2, 0) is 10.8 Å². The Bertz CT molecular complexity index is 560. The molecule has 2 aromatic rings. The molecule has 108 valence electrons. The highest BCUT2D eigenvalue weighted by molar-refractivity contribution is 5.18. The molecule has 2 rings (SSSR count). The molecule has 0 aliphatic heterocycles. The van der Waals surface area contributed by atoms with Crippen LogP contribution in [0.3, 0.4) is 0 Å². The van der Waals surface area contributed by atoms with Gasteiger partial charge in [-0.25, -0.2) is 4.98 Å². The van der Waals surface area contributed by atoms with E-state index in [2.05, 4.69) is 32.7 Å². The molecule has 0 aliphatic rings.